The normalized spacial score (nSPS) is 18.8. The van der Waals surface area contributed by atoms with E-state index in [1.54, 1.807) is 25.3 Å². The maximum atomic E-state index is 13.5. The van der Waals surface area contributed by atoms with Crippen molar-refractivity contribution in [2.24, 2.45) is 0 Å². The number of aliphatic hydroxyl groups excluding tert-OH is 1. The van der Waals surface area contributed by atoms with Crippen molar-refractivity contribution in [2.45, 2.75) is 32.7 Å². The zero-order valence-corrected chi connectivity index (χ0v) is 20.0. The minimum absolute atomic E-state index is 0.0563. The summed E-state index contributed by atoms with van der Waals surface area (Å²) in [5.41, 5.74) is 4.65. The highest BCUT2D eigenvalue weighted by atomic mass is 16.5. The molecular weight excluding hydrogens is 442 g/mol. The number of rotatable bonds is 4. The molecule has 0 bridgehead atoms. The largest absolute Gasteiger partial charge is 0.507 e. The van der Waals surface area contributed by atoms with E-state index in [0.717, 1.165) is 35.3 Å². The summed E-state index contributed by atoms with van der Waals surface area (Å²) < 4.78 is 11.1. The number of hydrogen-bond acceptors (Lipinski definition) is 5. The van der Waals surface area contributed by atoms with E-state index < -0.39 is 17.7 Å². The summed E-state index contributed by atoms with van der Waals surface area (Å²) in [6.45, 7) is 4.50. The van der Waals surface area contributed by atoms with Crippen LogP contribution >= 0.6 is 0 Å². The van der Waals surface area contributed by atoms with Gasteiger partial charge in [0.15, 0.2) is 0 Å². The second-order valence-electron chi connectivity index (χ2n) is 9.01. The lowest BCUT2D eigenvalue weighted by atomic mass is 9.93. The standard InChI is InChI=1S/C29H27NO5/c1-17-9-10-18(2)23(14-17)30-26(20-6-4-8-22(16-20)34-3)25(28(32)29(30)33)27(31)21-11-12-24-19(15-21)7-5-13-35-24/h4,6,8-12,14-16,26,31H,5,7,13H2,1-3H3/b27-25-. The lowest BCUT2D eigenvalue weighted by Crippen LogP contribution is -2.30. The second kappa shape index (κ2) is 8.95. The fourth-order valence-corrected chi connectivity index (χ4v) is 4.85. The Morgan fingerprint density at radius 2 is 1.89 bits per heavy atom. The average molecular weight is 470 g/mol. The minimum atomic E-state index is -0.808. The number of amides is 1. The van der Waals surface area contributed by atoms with Crippen molar-refractivity contribution in [2.75, 3.05) is 18.6 Å². The molecule has 3 aromatic carbocycles. The van der Waals surface area contributed by atoms with Crippen molar-refractivity contribution in [3.63, 3.8) is 0 Å². The molecule has 2 aliphatic heterocycles. The quantitative estimate of drug-likeness (QED) is 0.320. The second-order valence-corrected chi connectivity index (χ2v) is 9.01. The molecule has 1 atom stereocenters. The molecule has 178 valence electrons. The number of methoxy groups -OCH3 is 1. The van der Waals surface area contributed by atoms with E-state index in [0.29, 0.717) is 29.2 Å². The van der Waals surface area contributed by atoms with Gasteiger partial charge in [0.05, 0.1) is 25.3 Å². The molecule has 2 aliphatic rings. The summed E-state index contributed by atoms with van der Waals surface area (Å²) in [6, 6.07) is 17.6. The first-order valence-corrected chi connectivity index (χ1v) is 11.7. The summed E-state index contributed by atoms with van der Waals surface area (Å²) in [7, 11) is 1.57. The number of carbonyl (C=O) groups is 2. The van der Waals surface area contributed by atoms with Crippen LogP contribution in [-0.2, 0) is 16.0 Å². The van der Waals surface area contributed by atoms with Crippen molar-refractivity contribution in [3.05, 3.63) is 94.1 Å². The number of carbonyl (C=O) groups excluding carboxylic acids is 2. The van der Waals surface area contributed by atoms with Gasteiger partial charge in [-0.2, -0.15) is 0 Å². The molecule has 6 heteroatoms. The predicted octanol–water partition coefficient (Wildman–Crippen LogP) is 5.26. The zero-order valence-electron chi connectivity index (χ0n) is 20.0. The lowest BCUT2D eigenvalue weighted by molar-refractivity contribution is -0.132. The van der Waals surface area contributed by atoms with Gasteiger partial charge >= 0.3 is 0 Å². The highest BCUT2D eigenvalue weighted by molar-refractivity contribution is 6.51. The summed E-state index contributed by atoms with van der Waals surface area (Å²) >= 11 is 0. The lowest BCUT2D eigenvalue weighted by Gasteiger charge is -2.27. The molecule has 0 saturated carbocycles. The summed E-state index contributed by atoms with van der Waals surface area (Å²) in [5.74, 6) is -0.204. The summed E-state index contributed by atoms with van der Waals surface area (Å²) in [6.07, 6.45) is 1.71. The number of benzene rings is 3. The number of aliphatic hydroxyl groups is 1. The van der Waals surface area contributed by atoms with Gasteiger partial charge in [0.25, 0.3) is 11.7 Å². The Morgan fingerprint density at radius 3 is 2.69 bits per heavy atom. The molecule has 35 heavy (non-hydrogen) atoms. The van der Waals surface area contributed by atoms with Crippen LogP contribution in [-0.4, -0.2) is 30.5 Å². The van der Waals surface area contributed by atoms with Gasteiger partial charge in [-0.3, -0.25) is 14.5 Å². The maximum absolute atomic E-state index is 13.5. The number of anilines is 1. The van der Waals surface area contributed by atoms with E-state index in [4.69, 9.17) is 9.47 Å². The Labute approximate surface area is 204 Å². The Morgan fingerprint density at radius 1 is 1.06 bits per heavy atom. The van der Waals surface area contributed by atoms with Gasteiger partial charge in [-0.25, -0.2) is 0 Å². The molecule has 1 N–H and O–H groups in total. The molecule has 5 rings (SSSR count). The van der Waals surface area contributed by atoms with Crippen LogP contribution in [0.1, 0.15) is 40.3 Å². The van der Waals surface area contributed by atoms with Gasteiger partial charge in [-0.05, 0) is 85.3 Å². The van der Waals surface area contributed by atoms with Crippen LogP contribution in [0.25, 0.3) is 5.76 Å². The fourth-order valence-electron chi connectivity index (χ4n) is 4.85. The number of aryl methyl sites for hydroxylation is 3. The number of hydrogen-bond donors (Lipinski definition) is 1. The van der Waals surface area contributed by atoms with Gasteiger partial charge in [-0.1, -0.05) is 24.3 Å². The third kappa shape index (κ3) is 3.95. The molecule has 1 saturated heterocycles. The molecule has 6 nitrogen and oxygen atoms in total. The first-order valence-electron chi connectivity index (χ1n) is 11.7. The smallest absolute Gasteiger partial charge is 0.300 e. The zero-order chi connectivity index (χ0) is 24.7. The fraction of sp³-hybridized carbons (Fsp3) is 0.241. The van der Waals surface area contributed by atoms with E-state index >= 15 is 0 Å². The monoisotopic (exact) mass is 469 g/mol. The molecule has 2 heterocycles. The van der Waals surface area contributed by atoms with Crippen LogP contribution in [0.5, 0.6) is 11.5 Å². The highest BCUT2D eigenvalue weighted by Crippen LogP contribution is 2.44. The number of fused-ring (bicyclic) bond motifs is 1. The molecule has 3 aromatic rings. The van der Waals surface area contributed by atoms with Crippen molar-refractivity contribution in [1.82, 2.24) is 0 Å². The van der Waals surface area contributed by atoms with Crippen LogP contribution in [0, 0.1) is 13.8 Å². The van der Waals surface area contributed by atoms with Crippen LogP contribution in [0.4, 0.5) is 5.69 Å². The molecule has 1 fully saturated rings. The third-order valence-corrected chi connectivity index (χ3v) is 6.66. The van der Waals surface area contributed by atoms with E-state index in [2.05, 4.69) is 0 Å². The topological polar surface area (TPSA) is 76.1 Å². The summed E-state index contributed by atoms with van der Waals surface area (Å²) in [5, 5.41) is 11.5. The van der Waals surface area contributed by atoms with Gasteiger partial charge < -0.3 is 14.6 Å². The molecular formula is C29H27NO5. The van der Waals surface area contributed by atoms with Crippen LogP contribution in [0.15, 0.2) is 66.2 Å². The van der Waals surface area contributed by atoms with E-state index in [1.165, 1.54) is 4.90 Å². The first-order chi connectivity index (χ1) is 16.9. The Kier molecular flexibility index (Phi) is 5.81. The van der Waals surface area contributed by atoms with E-state index in [1.807, 2.05) is 56.3 Å². The minimum Gasteiger partial charge on any atom is -0.507 e. The van der Waals surface area contributed by atoms with E-state index in [-0.39, 0.29) is 11.3 Å². The number of ketones is 1. The first kappa shape index (κ1) is 22.7. The number of nitrogens with zero attached hydrogens (tertiary/aromatic N) is 1. The van der Waals surface area contributed by atoms with Crippen molar-refractivity contribution in [1.29, 1.82) is 0 Å². The SMILES string of the molecule is COc1cccc(C2/C(=C(/O)c3ccc4c(c3)CCCO4)C(=O)C(=O)N2c2cc(C)ccc2C)c1. The average Bonchev–Trinajstić information content (AvgIpc) is 3.15. The Balaban J connectivity index is 1.73. The van der Waals surface area contributed by atoms with Crippen LogP contribution in [0.2, 0.25) is 0 Å². The van der Waals surface area contributed by atoms with Gasteiger partial charge in [0.1, 0.15) is 17.3 Å². The van der Waals surface area contributed by atoms with Crippen molar-refractivity contribution in [3.8, 4) is 11.5 Å². The Hall–Kier alpha value is -4.06. The Bertz CT molecular complexity index is 1370. The van der Waals surface area contributed by atoms with Gasteiger partial charge in [-0.15, -0.1) is 0 Å². The number of ether oxygens (including phenoxy) is 2. The molecule has 0 radical (unpaired) electrons. The van der Waals surface area contributed by atoms with Gasteiger partial charge in [0.2, 0.25) is 0 Å². The molecule has 0 aromatic heterocycles. The molecule has 0 spiro atoms. The van der Waals surface area contributed by atoms with Crippen LogP contribution < -0.4 is 14.4 Å². The highest BCUT2D eigenvalue weighted by Gasteiger charge is 2.47. The van der Waals surface area contributed by atoms with Crippen molar-refractivity contribution >= 4 is 23.1 Å². The third-order valence-electron chi connectivity index (χ3n) is 6.66. The van der Waals surface area contributed by atoms with E-state index in [9.17, 15) is 14.7 Å². The predicted molar refractivity (Wildman–Crippen MR) is 134 cm³/mol. The van der Waals surface area contributed by atoms with Crippen LogP contribution in [0.3, 0.4) is 0 Å². The molecule has 1 unspecified atom stereocenters. The number of Topliss-reactive ketones (excluding diaryl/α,β-unsaturated/α-hetero) is 1. The van der Waals surface area contributed by atoms with Gasteiger partial charge in [0, 0.05) is 11.3 Å². The molecule has 0 aliphatic carbocycles. The summed E-state index contributed by atoms with van der Waals surface area (Å²) in [4.78, 5) is 28.4. The maximum Gasteiger partial charge on any atom is 0.300 e. The molecule has 1 amide bonds. The van der Waals surface area contributed by atoms with Crippen molar-refractivity contribution < 1.29 is 24.2 Å².